The van der Waals surface area contributed by atoms with Crippen LogP contribution in [0.15, 0.2) is 54.7 Å². The Labute approximate surface area is 134 Å². The molecule has 0 unspecified atom stereocenters. The zero-order chi connectivity index (χ0) is 16.2. The molecule has 6 nitrogen and oxygen atoms in total. The van der Waals surface area contributed by atoms with Crippen molar-refractivity contribution in [3.63, 3.8) is 0 Å². The Morgan fingerprint density at radius 3 is 2.61 bits per heavy atom. The number of anilines is 2. The lowest BCUT2D eigenvalue weighted by Gasteiger charge is -2.06. The van der Waals surface area contributed by atoms with Crippen molar-refractivity contribution in [1.29, 1.82) is 0 Å². The minimum Gasteiger partial charge on any atom is -0.292 e. The van der Waals surface area contributed by atoms with Crippen molar-refractivity contribution in [3.8, 4) is 11.3 Å². The van der Waals surface area contributed by atoms with E-state index in [2.05, 4.69) is 20.7 Å². The molecule has 0 aliphatic rings. The van der Waals surface area contributed by atoms with Crippen molar-refractivity contribution in [1.82, 2.24) is 14.8 Å². The summed E-state index contributed by atoms with van der Waals surface area (Å²) in [5.41, 5.74) is 2.86. The zero-order valence-electron chi connectivity index (χ0n) is 12.9. The Balaban J connectivity index is 1.74. The second kappa shape index (κ2) is 6.31. The number of urea groups is 1. The number of rotatable bonds is 3. The highest BCUT2D eigenvalue weighted by molar-refractivity contribution is 5.99. The van der Waals surface area contributed by atoms with Crippen LogP contribution >= 0.6 is 0 Å². The molecule has 3 rings (SSSR count). The molecule has 0 saturated carbocycles. The first kappa shape index (κ1) is 14.8. The lowest BCUT2D eigenvalue weighted by Crippen LogP contribution is -2.21. The highest BCUT2D eigenvalue weighted by Gasteiger charge is 2.11. The van der Waals surface area contributed by atoms with Crippen molar-refractivity contribution in [2.45, 2.75) is 6.92 Å². The number of carbonyl (C=O) groups is 1. The first-order valence-electron chi connectivity index (χ1n) is 7.22. The predicted octanol–water partition coefficient (Wildman–Crippen LogP) is 3.43. The van der Waals surface area contributed by atoms with Gasteiger partial charge in [0.05, 0.1) is 5.69 Å². The minimum absolute atomic E-state index is 0.371. The Morgan fingerprint density at radius 1 is 1.09 bits per heavy atom. The number of hydrogen-bond donors (Lipinski definition) is 2. The maximum atomic E-state index is 12.1. The molecule has 0 saturated heterocycles. The van der Waals surface area contributed by atoms with Gasteiger partial charge in [-0.25, -0.2) is 9.78 Å². The third-order valence-electron chi connectivity index (χ3n) is 3.43. The predicted molar refractivity (Wildman–Crippen MR) is 90.3 cm³/mol. The van der Waals surface area contributed by atoms with Gasteiger partial charge in [-0.05, 0) is 24.1 Å². The molecule has 3 aromatic rings. The van der Waals surface area contributed by atoms with E-state index in [1.165, 1.54) is 0 Å². The third kappa shape index (κ3) is 3.37. The molecular weight excluding hydrogens is 290 g/mol. The summed E-state index contributed by atoms with van der Waals surface area (Å²) in [4.78, 5) is 16.2. The number of nitrogens with one attached hydrogen (secondary N) is 2. The number of hydrogen-bond acceptors (Lipinski definition) is 3. The molecule has 6 heteroatoms. The minimum atomic E-state index is -0.371. The van der Waals surface area contributed by atoms with Crippen LogP contribution in [0.5, 0.6) is 0 Å². The lowest BCUT2D eigenvalue weighted by molar-refractivity contribution is 0.262. The van der Waals surface area contributed by atoms with E-state index < -0.39 is 0 Å². The van der Waals surface area contributed by atoms with Crippen LogP contribution in [-0.4, -0.2) is 20.8 Å². The molecule has 0 fully saturated rings. The Hall–Kier alpha value is -3.15. The topological polar surface area (TPSA) is 71.8 Å². The van der Waals surface area contributed by atoms with Gasteiger partial charge in [0.25, 0.3) is 0 Å². The molecular formula is C17H17N5O. The number of pyridine rings is 1. The average Bonchev–Trinajstić information content (AvgIpc) is 2.91. The van der Waals surface area contributed by atoms with E-state index in [4.69, 9.17) is 0 Å². The van der Waals surface area contributed by atoms with Crippen molar-refractivity contribution < 1.29 is 4.79 Å². The number of aromatic nitrogens is 3. The molecule has 1 aromatic carbocycles. The summed E-state index contributed by atoms with van der Waals surface area (Å²) in [6.45, 7) is 1.89. The van der Waals surface area contributed by atoms with E-state index in [-0.39, 0.29) is 6.03 Å². The molecule has 0 aliphatic heterocycles. The van der Waals surface area contributed by atoms with Crippen molar-refractivity contribution in [2.24, 2.45) is 7.05 Å². The molecule has 2 amide bonds. The highest BCUT2D eigenvalue weighted by Crippen LogP contribution is 2.21. The Morgan fingerprint density at radius 2 is 1.87 bits per heavy atom. The summed E-state index contributed by atoms with van der Waals surface area (Å²) in [5, 5.41) is 9.76. The Bertz CT molecular complexity index is 826. The standard InChI is InChI=1S/C17H17N5O/c1-12-7-6-10-18-16(12)20-17(23)19-15-11-14(22(2)21-15)13-8-4-3-5-9-13/h3-11H,1-2H3,(H2,18,19,20,21,23). The van der Waals surface area contributed by atoms with E-state index in [1.54, 1.807) is 10.9 Å². The van der Waals surface area contributed by atoms with Crippen LogP contribution in [0.25, 0.3) is 11.3 Å². The molecule has 2 heterocycles. The summed E-state index contributed by atoms with van der Waals surface area (Å²) in [7, 11) is 1.84. The zero-order valence-corrected chi connectivity index (χ0v) is 12.9. The summed E-state index contributed by atoms with van der Waals surface area (Å²) in [6.07, 6.45) is 1.64. The highest BCUT2D eigenvalue weighted by atomic mass is 16.2. The van der Waals surface area contributed by atoms with Gasteiger partial charge in [0, 0.05) is 19.3 Å². The SMILES string of the molecule is Cc1cccnc1NC(=O)Nc1cc(-c2ccccc2)n(C)n1. The first-order chi connectivity index (χ1) is 11.1. The molecule has 0 atom stereocenters. The summed E-state index contributed by atoms with van der Waals surface area (Å²) in [6, 6.07) is 15.1. The van der Waals surface area contributed by atoms with Gasteiger partial charge < -0.3 is 0 Å². The van der Waals surface area contributed by atoms with Crippen LogP contribution in [0.3, 0.4) is 0 Å². The second-order valence-corrected chi connectivity index (χ2v) is 5.15. The fourth-order valence-electron chi connectivity index (χ4n) is 2.28. The van der Waals surface area contributed by atoms with Crippen molar-refractivity contribution in [3.05, 3.63) is 60.3 Å². The van der Waals surface area contributed by atoms with Gasteiger partial charge in [-0.3, -0.25) is 15.3 Å². The average molecular weight is 307 g/mol. The molecule has 0 bridgehead atoms. The Kier molecular flexibility index (Phi) is 4.05. The van der Waals surface area contributed by atoms with Crippen LogP contribution < -0.4 is 10.6 Å². The van der Waals surface area contributed by atoms with Gasteiger partial charge in [-0.15, -0.1) is 0 Å². The van der Waals surface area contributed by atoms with E-state index in [1.807, 2.05) is 62.5 Å². The van der Waals surface area contributed by atoms with Crippen molar-refractivity contribution >= 4 is 17.7 Å². The van der Waals surface area contributed by atoms with Gasteiger partial charge in [-0.2, -0.15) is 5.10 Å². The van der Waals surface area contributed by atoms with Gasteiger partial charge in [0.15, 0.2) is 5.82 Å². The molecule has 2 aromatic heterocycles. The molecule has 0 radical (unpaired) electrons. The van der Waals surface area contributed by atoms with Gasteiger partial charge in [-0.1, -0.05) is 36.4 Å². The molecule has 0 spiro atoms. The van der Waals surface area contributed by atoms with Crippen LogP contribution in [0.2, 0.25) is 0 Å². The van der Waals surface area contributed by atoms with Gasteiger partial charge in [0.2, 0.25) is 0 Å². The fourth-order valence-corrected chi connectivity index (χ4v) is 2.28. The second-order valence-electron chi connectivity index (χ2n) is 5.15. The van der Waals surface area contributed by atoms with Gasteiger partial charge in [0.1, 0.15) is 5.82 Å². The van der Waals surface area contributed by atoms with E-state index in [9.17, 15) is 4.79 Å². The fraction of sp³-hybridized carbons (Fsp3) is 0.118. The van der Waals surface area contributed by atoms with Gasteiger partial charge >= 0.3 is 6.03 Å². The number of benzene rings is 1. The normalized spacial score (nSPS) is 10.3. The summed E-state index contributed by atoms with van der Waals surface area (Å²) in [5.74, 6) is 1.02. The summed E-state index contributed by atoms with van der Waals surface area (Å²) < 4.78 is 1.73. The summed E-state index contributed by atoms with van der Waals surface area (Å²) >= 11 is 0. The molecule has 23 heavy (non-hydrogen) atoms. The smallest absolute Gasteiger partial charge is 0.292 e. The molecule has 0 aliphatic carbocycles. The molecule has 2 N–H and O–H groups in total. The lowest BCUT2D eigenvalue weighted by atomic mass is 10.1. The van der Waals surface area contributed by atoms with E-state index in [0.29, 0.717) is 11.6 Å². The quantitative estimate of drug-likeness (QED) is 0.778. The van der Waals surface area contributed by atoms with Crippen LogP contribution in [0.4, 0.5) is 16.4 Å². The van der Waals surface area contributed by atoms with Crippen LogP contribution in [0.1, 0.15) is 5.56 Å². The van der Waals surface area contributed by atoms with Crippen LogP contribution in [-0.2, 0) is 7.05 Å². The molecule has 116 valence electrons. The van der Waals surface area contributed by atoms with E-state index >= 15 is 0 Å². The van der Waals surface area contributed by atoms with E-state index in [0.717, 1.165) is 16.8 Å². The monoisotopic (exact) mass is 307 g/mol. The van der Waals surface area contributed by atoms with Crippen molar-refractivity contribution in [2.75, 3.05) is 10.6 Å². The third-order valence-corrected chi connectivity index (χ3v) is 3.43. The largest absolute Gasteiger partial charge is 0.326 e. The maximum Gasteiger partial charge on any atom is 0.326 e. The number of carbonyl (C=O) groups excluding carboxylic acids is 1. The number of nitrogens with zero attached hydrogens (tertiary/aromatic N) is 3. The first-order valence-corrected chi connectivity index (χ1v) is 7.22. The number of amides is 2. The van der Waals surface area contributed by atoms with Crippen LogP contribution in [0, 0.1) is 6.92 Å². The maximum absolute atomic E-state index is 12.1. The number of aryl methyl sites for hydroxylation is 2.